The molecule has 1 N–H and O–H groups in total. The van der Waals surface area contributed by atoms with Crippen molar-refractivity contribution in [3.63, 3.8) is 0 Å². The molecule has 1 saturated heterocycles. The van der Waals surface area contributed by atoms with E-state index in [0.29, 0.717) is 34.3 Å². The van der Waals surface area contributed by atoms with Crippen molar-refractivity contribution in [1.82, 2.24) is 9.88 Å². The third kappa shape index (κ3) is 3.71. The minimum absolute atomic E-state index is 0.0625. The summed E-state index contributed by atoms with van der Waals surface area (Å²) in [6.45, 7) is 1.85. The van der Waals surface area contributed by atoms with Gasteiger partial charge in [-0.1, -0.05) is 6.07 Å². The summed E-state index contributed by atoms with van der Waals surface area (Å²) in [4.78, 5) is 31.7. The largest absolute Gasteiger partial charge is 0.507 e. The first kappa shape index (κ1) is 21.2. The first-order chi connectivity index (χ1) is 15.4. The number of amides is 1. The van der Waals surface area contributed by atoms with E-state index in [4.69, 9.17) is 13.9 Å². The standard InChI is InChI=1S/C24H22N2O6/c1-14-7-9-18(32-14)21-20(22(27)15-8-10-17(30-2)19(12-15)31-3)23(28)24(29)26(21)13-16-6-4-5-11-25-16/h4-12,21,27H,13H2,1-3H3/b22-20-. The Morgan fingerprint density at radius 1 is 1.09 bits per heavy atom. The van der Waals surface area contributed by atoms with Crippen molar-refractivity contribution >= 4 is 17.4 Å². The molecule has 3 aromatic rings. The number of likely N-dealkylation sites (tertiary alicyclic amines) is 1. The molecule has 8 heteroatoms. The lowest BCUT2D eigenvalue weighted by molar-refractivity contribution is -0.140. The smallest absolute Gasteiger partial charge is 0.296 e. The first-order valence-electron chi connectivity index (χ1n) is 9.91. The Kier molecular flexibility index (Phi) is 5.68. The number of hydrogen-bond acceptors (Lipinski definition) is 7. The zero-order valence-electron chi connectivity index (χ0n) is 17.9. The predicted molar refractivity (Wildman–Crippen MR) is 115 cm³/mol. The number of ether oxygens (including phenoxy) is 2. The van der Waals surface area contributed by atoms with E-state index in [1.165, 1.54) is 19.1 Å². The quantitative estimate of drug-likeness (QED) is 0.359. The molecular formula is C24H22N2O6. The van der Waals surface area contributed by atoms with Crippen molar-refractivity contribution in [2.24, 2.45) is 0 Å². The van der Waals surface area contributed by atoms with Gasteiger partial charge in [0.15, 0.2) is 11.5 Å². The van der Waals surface area contributed by atoms with E-state index < -0.39 is 17.7 Å². The number of methoxy groups -OCH3 is 2. The van der Waals surface area contributed by atoms with Crippen molar-refractivity contribution in [3.8, 4) is 11.5 Å². The number of aliphatic hydroxyl groups is 1. The number of benzene rings is 1. The summed E-state index contributed by atoms with van der Waals surface area (Å²) in [6.07, 6.45) is 1.61. The third-order valence-electron chi connectivity index (χ3n) is 5.29. The van der Waals surface area contributed by atoms with Crippen LogP contribution in [0.1, 0.15) is 28.8 Å². The highest BCUT2D eigenvalue weighted by Crippen LogP contribution is 2.41. The average Bonchev–Trinajstić information content (AvgIpc) is 3.35. The number of nitrogens with zero attached hydrogens (tertiary/aromatic N) is 2. The molecule has 8 nitrogen and oxygen atoms in total. The van der Waals surface area contributed by atoms with E-state index in [1.54, 1.807) is 61.7 Å². The van der Waals surface area contributed by atoms with Gasteiger partial charge >= 0.3 is 0 Å². The molecule has 1 atom stereocenters. The van der Waals surface area contributed by atoms with Crippen molar-refractivity contribution in [1.29, 1.82) is 0 Å². The van der Waals surface area contributed by atoms with E-state index in [9.17, 15) is 14.7 Å². The Morgan fingerprint density at radius 3 is 2.50 bits per heavy atom. The molecule has 0 aliphatic carbocycles. The highest BCUT2D eigenvalue weighted by Gasteiger charge is 2.47. The van der Waals surface area contributed by atoms with Gasteiger partial charge in [0.25, 0.3) is 11.7 Å². The van der Waals surface area contributed by atoms with Gasteiger partial charge in [-0.3, -0.25) is 14.6 Å². The number of carbonyl (C=O) groups excluding carboxylic acids is 2. The zero-order valence-corrected chi connectivity index (χ0v) is 17.9. The van der Waals surface area contributed by atoms with Crippen LogP contribution >= 0.6 is 0 Å². The summed E-state index contributed by atoms with van der Waals surface area (Å²) >= 11 is 0. The highest BCUT2D eigenvalue weighted by molar-refractivity contribution is 6.46. The molecule has 4 rings (SSSR count). The van der Waals surface area contributed by atoms with Crippen LogP contribution in [0.5, 0.6) is 11.5 Å². The maximum absolute atomic E-state index is 13.1. The Bertz CT molecular complexity index is 1200. The second-order valence-electron chi connectivity index (χ2n) is 7.27. The lowest BCUT2D eigenvalue weighted by Crippen LogP contribution is -2.29. The van der Waals surface area contributed by atoms with Crippen LogP contribution < -0.4 is 9.47 Å². The molecular weight excluding hydrogens is 412 g/mol. The zero-order chi connectivity index (χ0) is 22.8. The maximum Gasteiger partial charge on any atom is 0.296 e. The fraction of sp³-hybridized carbons (Fsp3) is 0.208. The molecule has 1 aromatic carbocycles. The summed E-state index contributed by atoms with van der Waals surface area (Å²) < 4.78 is 16.3. The number of pyridine rings is 1. The first-order valence-corrected chi connectivity index (χ1v) is 9.91. The maximum atomic E-state index is 13.1. The van der Waals surface area contributed by atoms with Crippen LogP contribution in [0.25, 0.3) is 5.76 Å². The monoisotopic (exact) mass is 434 g/mol. The molecule has 1 unspecified atom stereocenters. The van der Waals surface area contributed by atoms with Gasteiger partial charge < -0.3 is 23.9 Å². The van der Waals surface area contributed by atoms with Crippen LogP contribution in [0.3, 0.4) is 0 Å². The van der Waals surface area contributed by atoms with Crippen LogP contribution in [0.2, 0.25) is 0 Å². The Balaban J connectivity index is 1.85. The predicted octanol–water partition coefficient (Wildman–Crippen LogP) is 3.62. The van der Waals surface area contributed by atoms with Gasteiger partial charge in [0.2, 0.25) is 0 Å². The third-order valence-corrected chi connectivity index (χ3v) is 5.29. The normalized spacial score (nSPS) is 17.6. The number of rotatable bonds is 6. The molecule has 0 spiro atoms. The molecule has 1 aliphatic heterocycles. The van der Waals surface area contributed by atoms with Gasteiger partial charge in [-0.15, -0.1) is 0 Å². The van der Waals surface area contributed by atoms with Crippen LogP contribution in [-0.2, 0) is 16.1 Å². The number of ketones is 1. The van der Waals surface area contributed by atoms with E-state index in [1.807, 2.05) is 0 Å². The van der Waals surface area contributed by atoms with Crippen LogP contribution in [-0.4, -0.2) is 40.9 Å². The minimum Gasteiger partial charge on any atom is -0.507 e. The molecule has 32 heavy (non-hydrogen) atoms. The number of hydrogen-bond donors (Lipinski definition) is 1. The summed E-state index contributed by atoms with van der Waals surface area (Å²) in [5, 5.41) is 11.1. The fourth-order valence-electron chi connectivity index (χ4n) is 3.74. The van der Waals surface area contributed by atoms with Gasteiger partial charge in [0, 0.05) is 11.8 Å². The van der Waals surface area contributed by atoms with Crippen LogP contribution in [0.15, 0.2) is 64.7 Å². The summed E-state index contributed by atoms with van der Waals surface area (Å²) in [5.41, 5.74) is 0.855. The number of aromatic nitrogens is 1. The SMILES string of the molecule is COc1ccc(/C(O)=C2/C(=O)C(=O)N(Cc3ccccn3)C2c2ccc(C)o2)cc1OC. The number of Topliss-reactive ketones (excluding diaryl/α,β-unsaturated/α-hetero) is 1. The van der Waals surface area contributed by atoms with Crippen LogP contribution in [0, 0.1) is 6.92 Å². The number of aliphatic hydroxyl groups excluding tert-OH is 1. The van der Waals surface area contributed by atoms with Crippen molar-refractivity contribution < 1.29 is 28.6 Å². The highest BCUT2D eigenvalue weighted by atomic mass is 16.5. The van der Waals surface area contributed by atoms with Crippen molar-refractivity contribution in [2.45, 2.75) is 19.5 Å². The molecule has 1 fully saturated rings. The topological polar surface area (TPSA) is 102 Å². The van der Waals surface area contributed by atoms with Gasteiger partial charge in [0.1, 0.15) is 23.3 Å². The summed E-state index contributed by atoms with van der Waals surface area (Å²) in [5.74, 6) is -0.0207. The Hall–Kier alpha value is -4.07. The van der Waals surface area contributed by atoms with Gasteiger partial charge in [-0.05, 0) is 49.4 Å². The Labute approximate surface area is 184 Å². The lowest BCUT2D eigenvalue weighted by atomic mass is 9.99. The van der Waals surface area contributed by atoms with Crippen molar-refractivity contribution in [3.05, 3.63) is 83.1 Å². The molecule has 3 heterocycles. The van der Waals surface area contributed by atoms with Gasteiger partial charge in [-0.25, -0.2) is 0 Å². The van der Waals surface area contributed by atoms with E-state index in [0.717, 1.165) is 0 Å². The number of aryl methyl sites for hydroxylation is 1. The van der Waals surface area contributed by atoms with Crippen LogP contribution in [0.4, 0.5) is 0 Å². The molecule has 1 aliphatic rings. The fourth-order valence-corrected chi connectivity index (χ4v) is 3.74. The second-order valence-corrected chi connectivity index (χ2v) is 7.27. The average molecular weight is 434 g/mol. The van der Waals surface area contributed by atoms with E-state index in [2.05, 4.69) is 4.98 Å². The molecule has 0 saturated carbocycles. The van der Waals surface area contributed by atoms with Gasteiger partial charge in [0.05, 0.1) is 32.0 Å². The summed E-state index contributed by atoms with van der Waals surface area (Å²) in [6, 6.07) is 12.6. The van der Waals surface area contributed by atoms with E-state index in [-0.39, 0.29) is 17.9 Å². The summed E-state index contributed by atoms with van der Waals surface area (Å²) in [7, 11) is 2.97. The molecule has 1 amide bonds. The van der Waals surface area contributed by atoms with E-state index >= 15 is 0 Å². The number of furan rings is 1. The lowest BCUT2D eigenvalue weighted by Gasteiger charge is -2.23. The van der Waals surface area contributed by atoms with Gasteiger partial charge in [-0.2, -0.15) is 0 Å². The number of carbonyl (C=O) groups is 2. The second kappa shape index (κ2) is 8.58. The van der Waals surface area contributed by atoms with Crippen molar-refractivity contribution in [2.75, 3.05) is 14.2 Å². The molecule has 164 valence electrons. The minimum atomic E-state index is -0.904. The Morgan fingerprint density at radius 2 is 1.88 bits per heavy atom. The molecule has 2 aromatic heterocycles. The molecule has 0 radical (unpaired) electrons. The molecule has 0 bridgehead atoms.